The molecule has 4 aromatic rings. The summed E-state index contributed by atoms with van der Waals surface area (Å²) in [6.45, 7) is 0.809. The molecule has 4 heterocycles. The van der Waals surface area contributed by atoms with Crippen LogP contribution in [-0.2, 0) is 4.79 Å². The molecule has 0 atom stereocenters. The highest BCUT2D eigenvalue weighted by Gasteiger charge is 2.21. The molecular formula is C22H18N4O. The zero-order chi connectivity index (χ0) is 18.2. The van der Waals surface area contributed by atoms with Gasteiger partial charge in [0.1, 0.15) is 5.65 Å². The summed E-state index contributed by atoms with van der Waals surface area (Å²) in [6, 6.07) is 14.3. The van der Waals surface area contributed by atoms with Crippen LogP contribution >= 0.6 is 0 Å². The third kappa shape index (κ3) is 2.77. The Morgan fingerprint density at radius 3 is 2.63 bits per heavy atom. The summed E-state index contributed by atoms with van der Waals surface area (Å²) in [7, 11) is 0. The molecule has 0 saturated carbocycles. The van der Waals surface area contributed by atoms with Crippen molar-refractivity contribution in [2.24, 2.45) is 0 Å². The monoisotopic (exact) mass is 354 g/mol. The number of amides is 1. The number of fused-ring (bicyclic) bond motifs is 1. The first-order valence-corrected chi connectivity index (χ1v) is 9.08. The summed E-state index contributed by atoms with van der Waals surface area (Å²) in [6.07, 6.45) is 9.04. The van der Waals surface area contributed by atoms with Crippen LogP contribution in [0.5, 0.6) is 0 Å². The van der Waals surface area contributed by atoms with Crippen LogP contribution in [-0.4, -0.2) is 27.4 Å². The lowest BCUT2D eigenvalue weighted by atomic mass is 10.0. The van der Waals surface area contributed by atoms with E-state index in [1.807, 2.05) is 54.0 Å². The second-order valence-corrected chi connectivity index (χ2v) is 6.76. The van der Waals surface area contributed by atoms with Crippen molar-refractivity contribution in [1.29, 1.82) is 0 Å². The topological polar surface area (TPSA) is 61.9 Å². The van der Waals surface area contributed by atoms with Crippen LogP contribution in [0.15, 0.2) is 67.3 Å². The molecule has 1 aromatic carbocycles. The lowest BCUT2D eigenvalue weighted by Gasteiger charge is -2.16. The number of carbonyl (C=O) groups excluding carboxylic acids is 1. The van der Waals surface area contributed by atoms with Gasteiger partial charge in [0, 0.05) is 60.0 Å². The van der Waals surface area contributed by atoms with Crippen molar-refractivity contribution in [2.75, 3.05) is 11.4 Å². The largest absolute Gasteiger partial charge is 0.346 e. The Bertz CT molecular complexity index is 1130. The maximum absolute atomic E-state index is 11.9. The molecule has 0 aliphatic carbocycles. The van der Waals surface area contributed by atoms with Gasteiger partial charge in [-0.3, -0.25) is 9.78 Å². The third-order valence-electron chi connectivity index (χ3n) is 5.10. The number of rotatable bonds is 3. The van der Waals surface area contributed by atoms with Gasteiger partial charge in [-0.05, 0) is 47.9 Å². The molecule has 1 saturated heterocycles. The molecule has 0 radical (unpaired) electrons. The van der Waals surface area contributed by atoms with E-state index in [-0.39, 0.29) is 5.91 Å². The van der Waals surface area contributed by atoms with Crippen molar-refractivity contribution in [2.45, 2.75) is 12.8 Å². The summed E-state index contributed by atoms with van der Waals surface area (Å²) in [5, 5.41) is 1.08. The minimum atomic E-state index is 0.208. The van der Waals surface area contributed by atoms with Crippen molar-refractivity contribution in [3.8, 4) is 22.3 Å². The van der Waals surface area contributed by atoms with Gasteiger partial charge in [0.05, 0.1) is 0 Å². The van der Waals surface area contributed by atoms with E-state index >= 15 is 0 Å². The van der Waals surface area contributed by atoms with E-state index in [9.17, 15) is 4.79 Å². The number of hydrogen-bond acceptors (Lipinski definition) is 3. The standard InChI is InChI=1S/C22H18N4O/c27-21-2-1-11-26(21)18-5-3-15(4-6-18)16-12-17(14-23-13-16)19-7-9-24-22-20(19)8-10-25-22/h3-10,12-14H,1-2,11H2,(H,24,25). The van der Waals surface area contributed by atoms with Gasteiger partial charge in [-0.25, -0.2) is 4.98 Å². The quantitative estimate of drug-likeness (QED) is 0.592. The number of carbonyl (C=O) groups is 1. The van der Waals surface area contributed by atoms with Crippen LogP contribution in [0.2, 0.25) is 0 Å². The Morgan fingerprint density at radius 1 is 0.963 bits per heavy atom. The maximum Gasteiger partial charge on any atom is 0.227 e. The van der Waals surface area contributed by atoms with Crippen molar-refractivity contribution in [3.63, 3.8) is 0 Å². The van der Waals surface area contributed by atoms with Crippen molar-refractivity contribution in [3.05, 3.63) is 67.3 Å². The number of aromatic amines is 1. The highest BCUT2D eigenvalue weighted by atomic mass is 16.2. The Labute approximate surface area is 156 Å². The van der Waals surface area contributed by atoms with Crippen LogP contribution < -0.4 is 4.90 Å². The predicted octanol–water partition coefficient (Wildman–Crippen LogP) is 4.42. The number of aromatic nitrogens is 3. The molecule has 0 bridgehead atoms. The predicted molar refractivity (Wildman–Crippen MR) is 106 cm³/mol. The molecule has 1 aliphatic rings. The maximum atomic E-state index is 11.9. The van der Waals surface area contributed by atoms with Crippen molar-refractivity contribution >= 4 is 22.6 Å². The SMILES string of the molecule is O=C1CCCN1c1ccc(-c2cncc(-c3ccnc4[nH]ccc34)c2)cc1. The molecular weight excluding hydrogens is 336 g/mol. The molecule has 5 rings (SSSR count). The highest BCUT2D eigenvalue weighted by molar-refractivity contribution is 5.96. The zero-order valence-corrected chi connectivity index (χ0v) is 14.7. The number of anilines is 1. The molecule has 1 fully saturated rings. The summed E-state index contributed by atoms with van der Waals surface area (Å²) in [5.41, 5.74) is 6.13. The van der Waals surface area contributed by atoms with E-state index in [0.717, 1.165) is 51.9 Å². The Hall–Kier alpha value is -3.47. The van der Waals surface area contributed by atoms with E-state index in [2.05, 4.69) is 33.2 Å². The zero-order valence-electron chi connectivity index (χ0n) is 14.7. The van der Waals surface area contributed by atoms with Gasteiger partial charge < -0.3 is 9.88 Å². The molecule has 1 amide bonds. The molecule has 5 nitrogen and oxygen atoms in total. The molecule has 5 heteroatoms. The summed E-state index contributed by atoms with van der Waals surface area (Å²) >= 11 is 0. The second kappa shape index (κ2) is 6.36. The average Bonchev–Trinajstić information content (AvgIpc) is 3.37. The van der Waals surface area contributed by atoms with E-state index in [1.54, 1.807) is 0 Å². The number of pyridine rings is 2. The van der Waals surface area contributed by atoms with E-state index in [4.69, 9.17) is 0 Å². The van der Waals surface area contributed by atoms with E-state index < -0.39 is 0 Å². The van der Waals surface area contributed by atoms with Crippen molar-refractivity contribution < 1.29 is 4.79 Å². The molecule has 0 unspecified atom stereocenters. The van der Waals surface area contributed by atoms with Crippen LogP contribution in [0.1, 0.15) is 12.8 Å². The van der Waals surface area contributed by atoms with E-state index in [0.29, 0.717) is 6.42 Å². The molecule has 1 N–H and O–H groups in total. The molecule has 0 spiro atoms. The van der Waals surface area contributed by atoms with Gasteiger partial charge in [0.25, 0.3) is 0 Å². The smallest absolute Gasteiger partial charge is 0.227 e. The van der Waals surface area contributed by atoms with E-state index in [1.165, 1.54) is 0 Å². The van der Waals surface area contributed by atoms with Crippen LogP contribution in [0.25, 0.3) is 33.3 Å². The van der Waals surface area contributed by atoms with Gasteiger partial charge in [-0.2, -0.15) is 0 Å². The normalized spacial score (nSPS) is 14.2. The van der Waals surface area contributed by atoms with Crippen LogP contribution in [0.4, 0.5) is 5.69 Å². The number of H-pyrrole nitrogens is 1. The summed E-state index contributed by atoms with van der Waals surface area (Å²) in [4.78, 5) is 25.7. The minimum Gasteiger partial charge on any atom is -0.346 e. The van der Waals surface area contributed by atoms with Gasteiger partial charge in [-0.1, -0.05) is 12.1 Å². The fourth-order valence-corrected chi connectivity index (χ4v) is 3.71. The van der Waals surface area contributed by atoms with Gasteiger partial charge in [0.2, 0.25) is 5.91 Å². The Balaban J connectivity index is 1.50. The first-order valence-electron chi connectivity index (χ1n) is 9.08. The lowest BCUT2D eigenvalue weighted by Crippen LogP contribution is -2.23. The van der Waals surface area contributed by atoms with Gasteiger partial charge in [0.15, 0.2) is 0 Å². The van der Waals surface area contributed by atoms with Crippen LogP contribution in [0.3, 0.4) is 0 Å². The molecule has 3 aromatic heterocycles. The minimum absolute atomic E-state index is 0.208. The second-order valence-electron chi connectivity index (χ2n) is 6.76. The van der Waals surface area contributed by atoms with Crippen molar-refractivity contribution in [1.82, 2.24) is 15.0 Å². The number of benzene rings is 1. The third-order valence-corrected chi connectivity index (χ3v) is 5.10. The average molecular weight is 354 g/mol. The molecule has 132 valence electrons. The summed E-state index contributed by atoms with van der Waals surface area (Å²) < 4.78 is 0. The highest BCUT2D eigenvalue weighted by Crippen LogP contribution is 2.31. The number of nitrogens with one attached hydrogen (secondary N) is 1. The van der Waals surface area contributed by atoms with Crippen LogP contribution in [0, 0.1) is 0 Å². The Morgan fingerprint density at radius 2 is 1.81 bits per heavy atom. The Kier molecular flexibility index (Phi) is 3.71. The molecule has 27 heavy (non-hydrogen) atoms. The number of nitrogens with zero attached hydrogens (tertiary/aromatic N) is 3. The first kappa shape index (κ1) is 15.8. The lowest BCUT2D eigenvalue weighted by molar-refractivity contribution is -0.117. The fraction of sp³-hybridized carbons (Fsp3) is 0.136. The fourth-order valence-electron chi connectivity index (χ4n) is 3.71. The summed E-state index contributed by atoms with van der Waals surface area (Å²) in [5.74, 6) is 0.208. The molecule has 1 aliphatic heterocycles. The first-order chi connectivity index (χ1) is 13.3. The van der Waals surface area contributed by atoms with Gasteiger partial charge in [-0.15, -0.1) is 0 Å². The van der Waals surface area contributed by atoms with Gasteiger partial charge >= 0.3 is 0 Å². The number of hydrogen-bond donors (Lipinski definition) is 1.